The SMILES string of the molecule is CO[C@@H]1CN(c2cccc(-c3cccc(C)c3OCc3ccc4c(c3C)CCN(C3COC3)CC4)n2)CC[C@@H]1C(=O)O. The van der Waals surface area contributed by atoms with E-state index in [-0.39, 0.29) is 6.10 Å². The van der Waals surface area contributed by atoms with Gasteiger partial charge < -0.3 is 24.2 Å². The van der Waals surface area contributed by atoms with Crippen LogP contribution in [0.4, 0.5) is 5.82 Å². The Morgan fingerprint density at radius 3 is 2.62 bits per heavy atom. The number of hydrogen-bond acceptors (Lipinski definition) is 7. The van der Waals surface area contributed by atoms with Crippen LogP contribution < -0.4 is 9.64 Å². The van der Waals surface area contributed by atoms with E-state index < -0.39 is 11.9 Å². The van der Waals surface area contributed by atoms with E-state index in [0.717, 1.165) is 67.5 Å². The van der Waals surface area contributed by atoms with E-state index in [1.54, 1.807) is 7.11 Å². The quantitative estimate of drug-likeness (QED) is 0.418. The molecule has 2 aromatic carbocycles. The molecule has 2 atom stereocenters. The van der Waals surface area contributed by atoms with Crippen molar-refractivity contribution < 1.29 is 24.1 Å². The number of rotatable bonds is 8. The van der Waals surface area contributed by atoms with Gasteiger partial charge in [0.15, 0.2) is 0 Å². The summed E-state index contributed by atoms with van der Waals surface area (Å²) < 4.78 is 17.6. The Bertz CT molecular complexity index is 1440. The number of nitrogens with zero attached hydrogens (tertiary/aromatic N) is 3. The van der Waals surface area contributed by atoms with Crippen LogP contribution in [-0.4, -0.2) is 79.6 Å². The summed E-state index contributed by atoms with van der Waals surface area (Å²) in [6.45, 7) is 9.82. The Morgan fingerprint density at radius 2 is 1.86 bits per heavy atom. The molecule has 2 fully saturated rings. The fourth-order valence-electron chi connectivity index (χ4n) is 6.62. The number of pyridine rings is 1. The highest BCUT2D eigenvalue weighted by atomic mass is 16.5. The summed E-state index contributed by atoms with van der Waals surface area (Å²) >= 11 is 0. The molecule has 0 saturated carbocycles. The van der Waals surface area contributed by atoms with E-state index in [0.29, 0.717) is 32.2 Å². The molecule has 8 heteroatoms. The van der Waals surface area contributed by atoms with Crippen LogP contribution in [0.25, 0.3) is 11.3 Å². The molecule has 3 aliphatic heterocycles. The molecule has 0 amide bonds. The minimum absolute atomic E-state index is 0.376. The Kier molecular flexibility index (Phi) is 8.47. The van der Waals surface area contributed by atoms with Gasteiger partial charge in [-0.1, -0.05) is 30.3 Å². The molecule has 3 aromatic rings. The number of hydrogen-bond donors (Lipinski definition) is 1. The standard InChI is InChI=1S/C34H41N3O5/c1-22-6-4-7-28(30-8-5-9-32(35-30)37-17-14-29(34(38)39)31(18-37)40-3)33(22)42-19-25-11-10-24-12-15-36(26-20-41-21-26)16-13-27(24)23(25)2/h4-11,26,29,31H,12-21H2,1-3H3,(H,38,39)/t29-,31+/m0/s1. The number of ether oxygens (including phenoxy) is 3. The van der Waals surface area contributed by atoms with Gasteiger partial charge in [0, 0.05) is 38.9 Å². The maximum absolute atomic E-state index is 11.7. The van der Waals surface area contributed by atoms with Gasteiger partial charge >= 0.3 is 5.97 Å². The van der Waals surface area contributed by atoms with E-state index in [1.165, 1.54) is 22.3 Å². The number of methoxy groups -OCH3 is 1. The Labute approximate surface area is 248 Å². The Morgan fingerprint density at radius 1 is 1.05 bits per heavy atom. The lowest BCUT2D eigenvalue weighted by Crippen LogP contribution is -2.49. The van der Waals surface area contributed by atoms with Crippen LogP contribution >= 0.6 is 0 Å². The molecular weight excluding hydrogens is 530 g/mol. The van der Waals surface area contributed by atoms with Crippen LogP contribution in [0, 0.1) is 19.8 Å². The van der Waals surface area contributed by atoms with Crippen molar-refractivity contribution in [3.63, 3.8) is 0 Å². The fraction of sp³-hybridized carbons (Fsp3) is 0.471. The highest BCUT2D eigenvalue weighted by molar-refractivity contribution is 5.72. The maximum atomic E-state index is 11.7. The smallest absolute Gasteiger partial charge is 0.309 e. The average molecular weight is 572 g/mol. The summed E-state index contributed by atoms with van der Waals surface area (Å²) in [5, 5.41) is 9.57. The maximum Gasteiger partial charge on any atom is 0.309 e. The van der Waals surface area contributed by atoms with E-state index in [2.05, 4.69) is 47.9 Å². The molecule has 222 valence electrons. The van der Waals surface area contributed by atoms with Crippen molar-refractivity contribution in [1.82, 2.24) is 9.88 Å². The Balaban J connectivity index is 1.20. The molecule has 0 bridgehead atoms. The molecular formula is C34H41N3O5. The number of aromatic nitrogens is 1. The summed E-state index contributed by atoms with van der Waals surface area (Å²) in [5.74, 6) is 0.348. The number of piperidine rings is 1. The van der Waals surface area contributed by atoms with Gasteiger partial charge in [-0.15, -0.1) is 0 Å². The average Bonchev–Trinajstić information content (AvgIpc) is 3.19. The first-order chi connectivity index (χ1) is 20.4. The van der Waals surface area contributed by atoms with Gasteiger partial charge in [0.25, 0.3) is 0 Å². The predicted molar refractivity (Wildman–Crippen MR) is 162 cm³/mol. The lowest BCUT2D eigenvalue weighted by molar-refractivity contribution is -0.147. The second-order valence-electron chi connectivity index (χ2n) is 11.8. The van der Waals surface area contributed by atoms with E-state index in [9.17, 15) is 9.90 Å². The summed E-state index contributed by atoms with van der Waals surface area (Å²) in [6, 6.07) is 17.3. The third-order valence-corrected chi connectivity index (χ3v) is 9.36. The molecule has 2 saturated heterocycles. The normalized spacial score (nSPS) is 21.4. The van der Waals surface area contributed by atoms with E-state index >= 15 is 0 Å². The van der Waals surface area contributed by atoms with Gasteiger partial charge in [-0.05, 0) is 79.1 Å². The number of carboxylic acid groups (broad SMARTS) is 1. The molecule has 0 spiro atoms. The van der Waals surface area contributed by atoms with Crippen molar-refractivity contribution in [3.05, 3.63) is 76.3 Å². The van der Waals surface area contributed by atoms with E-state index in [1.807, 2.05) is 24.3 Å². The fourth-order valence-corrected chi connectivity index (χ4v) is 6.62. The molecule has 1 N–H and O–H groups in total. The lowest BCUT2D eigenvalue weighted by Gasteiger charge is -2.36. The highest BCUT2D eigenvalue weighted by Gasteiger charge is 2.35. The molecule has 6 rings (SSSR count). The van der Waals surface area contributed by atoms with Gasteiger partial charge in [-0.3, -0.25) is 9.69 Å². The van der Waals surface area contributed by atoms with Crippen molar-refractivity contribution in [2.24, 2.45) is 5.92 Å². The third kappa shape index (κ3) is 5.76. The lowest BCUT2D eigenvalue weighted by atomic mass is 9.94. The summed E-state index contributed by atoms with van der Waals surface area (Å²) in [6.07, 6.45) is 2.28. The van der Waals surface area contributed by atoms with Gasteiger partial charge in [-0.25, -0.2) is 4.98 Å². The first-order valence-corrected chi connectivity index (χ1v) is 15.1. The number of carboxylic acids is 1. The molecule has 4 heterocycles. The van der Waals surface area contributed by atoms with Gasteiger partial charge in [-0.2, -0.15) is 0 Å². The third-order valence-electron chi connectivity index (χ3n) is 9.36. The Hall–Kier alpha value is -3.46. The summed E-state index contributed by atoms with van der Waals surface area (Å²) in [4.78, 5) is 21.4. The van der Waals surface area contributed by atoms with Crippen LogP contribution in [0.5, 0.6) is 5.75 Å². The minimum atomic E-state index is -0.805. The van der Waals surface area contributed by atoms with Crippen molar-refractivity contribution >= 4 is 11.8 Å². The van der Waals surface area contributed by atoms with E-state index in [4.69, 9.17) is 19.2 Å². The van der Waals surface area contributed by atoms with Crippen LogP contribution in [0.15, 0.2) is 48.5 Å². The summed E-state index contributed by atoms with van der Waals surface area (Å²) in [7, 11) is 1.58. The summed E-state index contributed by atoms with van der Waals surface area (Å²) in [5.41, 5.74) is 8.33. The number of para-hydroxylation sites is 1. The number of fused-ring (bicyclic) bond motifs is 1. The zero-order chi connectivity index (χ0) is 29.2. The van der Waals surface area contributed by atoms with Crippen LogP contribution in [0.3, 0.4) is 0 Å². The zero-order valence-electron chi connectivity index (χ0n) is 24.8. The first-order valence-electron chi connectivity index (χ1n) is 15.1. The second kappa shape index (κ2) is 12.4. The van der Waals surface area contributed by atoms with Crippen molar-refractivity contribution in [2.75, 3.05) is 51.4 Å². The largest absolute Gasteiger partial charge is 0.488 e. The molecule has 0 unspecified atom stereocenters. The van der Waals surface area contributed by atoms with Gasteiger partial charge in [0.1, 0.15) is 18.2 Å². The molecule has 0 aliphatic carbocycles. The van der Waals surface area contributed by atoms with Gasteiger partial charge in [0.05, 0.1) is 37.0 Å². The molecule has 1 aromatic heterocycles. The van der Waals surface area contributed by atoms with Crippen LogP contribution in [-0.2, 0) is 33.7 Å². The van der Waals surface area contributed by atoms with Crippen LogP contribution in [0.2, 0.25) is 0 Å². The minimum Gasteiger partial charge on any atom is -0.488 e. The second-order valence-corrected chi connectivity index (χ2v) is 11.8. The number of aryl methyl sites for hydroxylation is 1. The monoisotopic (exact) mass is 571 g/mol. The zero-order valence-corrected chi connectivity index (χ0v) is 24.8. The molecule has 3 aliphatic rings. The van der Waals surface area contributed by atoms with Crippen LogP contribution in [0.1, 0.15) is 34.2 Å². The molecule has 42 heavy (non-hydrogen) atoms. The number of anilines is 1. The topological polar surface area (TPSA) is 84.4 Å². The molecule has 8 nitrogen and oxygen atoms in total. The van der Waals surface area contributed by atoms with Gasteiger partial charge in [0.2, 0.25) is 0 Å². The van der Waals surface area contributed by atoms with Crippen molar-refractivity contribution in [2.45, 2.75) is 51.9 Å². The highest BCUT2D eigenvalue weighted by Crippen LogP contribution is 2.35. The first kappa shape index (κ1) is 28.6. The predicted octanol–water partition coefficient (Wildman–Crippen LogP) is 4.67. The van der Waals surface area contributed by atoms with Crippen molar-refractivity contribution in [3.8, 4) is 17.0 Å². The molecule has 0 radical (unpaired) electrons. The number of benzene rings is 2. The van der Waals surface area contributed by atoms with Crippen molar-refractivity contribution in [1.29, 1.82) is 0 Å². The number of aliphatic carboxylic acids is 1. The number of carbonyl (C=O) groups is 1.